The summed E-state index contributed by atoms with van der Waals surface area (Å²) in [6, 6.07) is 9.25. The zero-order chi connectivity index (χ0) is 23.5. The molecular formula is C29H42O2. The fraction of sp³-hybridized carbons (Fsp3) is 0.586. The molecule has 1 N–H and O–H groups in total. The first kappa shape index (κ1) is 23.9. The summed E-state index contributed by atoms with van der Waals surface area (Å²) in [6.45, 7) is 22.5. The summed E-state index contributed by atoms with van der Waals surface area (Å²) in [5.74, 6) is 1.17. The Morgan fingerprint density at radius 1 is 0.806 bits per heavy atom. The molecule has 0 amide bonds. The zero-order valence-electron chi connectivity index (χ0n) is 21.5. The van der Waals surface area contributed by atoms with Crippen LogP contribution in [0.4, 0.5) is 0 Å². The predicted octanol–water partition coefficient (Wildman–Crippen LogP) is 7.48. The SMILES string of the molecule is COc1c(C(C)(C)C)cc2c(c1-c1cc(C(C)(C)C)cc(C(C)(C)C)c1)CC(C)C2O. The molecule has 0 saturated heterocycles. The Labute approximate surface area is 190 Å². The molecular weight excluding hydrogens is 380 g/mol. The molecule has 0 saturated carbocycles. The first-order valence-electron chi connectivity index (χ1n) is 11.6. The first-order chi connectivity index (χ1) is 14.1. The summed E-state index contributed by atoms with van der Waals surface area (Å²) in [5, 5.41) is 11.0. The summed E-state index contributed by atoms with van der Waals surface area (Å²) >= 11 is 0. The van der Waals surface area contributed by atoms with Crippen LogP contribution in [0.5, 0.6) is 5.75 Å². The van der Waals surface area contributed by atoms with E-state index in [4.69, 9.17) is 4.74 Å². The number of fused-ring (bicyclic) bond motifs is 1. The number of aliphatic hydroxyl groups is 1. The third-order valence-corrected chi connectivity index (χ3v) is 6.77. The van der Waals surface area contributed by atoms with Gasteiger partial charge >= 0.3 is 0 Å². The smallest absolute Gasteiger partial charge is 0.130 e. The predicted molar refractivity (Wildman–Crippen MR) is 132 cm³/mol. The molecule has 3 rings (SSSR count). The van der Waals surface area contributed by atoms with Gasteiger partial charge in [-0.1, -0.05) is 87.4 Å². The monoisotopic (exact) mass is 422 g/mol. The van der Waals surface area contributed by atoms with Crippen LogP contribution in [0.15, 0.2) is 24.3 Å². The lowest BCUT2D eigenvalue weighted by atomic mass is 9.77. The molecule has 0 heterocycles. The van der Waals surface area contributed by atoms with Crippen LogP contribution in [-0.2, 0) is 22.7 Å². The molecule has 0 fully saturated rings. The lowest BCUT2D eigenvalue weighted by Gasteiger charge is -2.29. The number of hydrogen-bond donors (Lipinski definition) is 1. The minimum absolute atomic E-state index is 0.0425. The molecule has 31 heavy (non-hydrogen) atoms. The Balaban J connectivity index is 2.45. The van der Waals surface area contributed by atoms with E-state index in [1.54, 1.807) is 7.11 Å². The molecule has 0 spiro atoms. The maximum absolute atomic E-state index is 11.0. The van der Waals surface area contributed by atoms with Crippen molar-refractivity contribution >= 4 is 0 Å². The average Bonchev–Trinajstić information content (AvgIpc) is 2.91. The normalized spacial score (nSPS) is 19.5. The molecule has 2 atom stereocenters. The highest BCUT2D eigenvalue weighted by molar-refractivity contribution is 5.80. The molecule has 2 heteroatoms. The van der Waals surface area contributed by atoms with Gasteiger partial charge in [-0.05, 0) is 62.5 Å². The van der Waals surface area contributed by atoms with Crippen molar-refractivity contribution in [2.75, 3.05) is 7.11 Å². The minimum atomic E-state index is -0.423. The fourth-order valence-electron chi connectivity index (χ4n) is 4.66. The van der Waals surface area contributed by atoms with E-state index >= 15 is 0 Å². The topological polar surface area (TPSA) is 29.5 Å². The van der Waals surface area contributed by atoms with Gasteiger partial charge in [0.25, 0.3) is 0 Å². The van der Waals surface area contributed by atoms with Crippen LogP contribution in [0.2, 0.25) is 0 Å². The van der Waals surface area contributed by atoms with Gasteiger partial charge in [-0.25, -0.2) is 0 Å². The van der Waals surface area contributed by atoms with E-state index in [0.29, 0.717) is 0 Å². The van der Waals surface area contributed by atoms with Gasteiger partial charge in [0.1, 0.15) is 5.75 Å². The maximum atomic E-state index is 11.0. The molecule has 1 aliphatic rings. The van der Waals surface area contributed by atoms with Crippen molar-refractivity contribution in [1.29, 1.82) is 0 Å². The largest absolute Gasteiger partial charge is 0.496 e. The van der Waals surface area contributed by atoms with Gasteiger partial charge in [-0.15, -0.1) is 0 Å². The van der Waals surface area contributed by atoms with Crippen LogP contribution in [-0.4, -0.2) is 12.2 Å². The van der Waals surface area contributed by atoms with Crippen LogP contribution in [0, 0.1) is 5.92 Å². The number of aliphatic hydroxyl groups excluding tert-OH is 1. The minimum Gasteiger partial charge on any atom is -0.496 e. The molecule has 2 nitrogen and oxygen atoms in total. The summed E-state index contributed by atoms with van der Waals surface area (Å²) in [7, 11) is 1.79. The van der Waals surface area contributed by atoms with Crippen LogP contribution >= 0.6 is 0 Å². The highest BCUT2D eigenvalue weighted by atomic mass is 16.5. The van der Waals surface area contributed by atoms with Crippen LogP contribution in [0.25, 0.3) is 11.1 Å². The maximum Gasteiger partial charge on any atom is 0.130 e. The highest BCUT2D eigenvalue weighted by Gasteiger charge is 2.35. The van der Waals surface area contributed by atoms with Gasteiger partial charge in [0.2, 0.25) is 0 Å². The second-order valence-corrected chi connectivity index (χ2v) is 12.6. The Hall–Kier alpha value is -1.80. The number of ether oxygens (including phenoxy) is 1. The van der Waals surface area contributed by atoms with Gasteiger partial charge in [0.15, 0.2) is 0 Å². The molecule has 170 valence electrons. The molecule has 2 aromatic rings. The summed E-state index contributed by atoms with van der Waals surface area (Å²) in [5.41, 5.74) is 8.52. The van der Waals surface area contributed by atoms with Crippen molar-refractivity contribution in [2.24, 2.45) is 5.92 Å². The number of hydrogen-bond acceptors (Lipinski definition) is 2. The molecule has 0 radical (unpaired) electrons. The van der Waals surface area contributed by atoms with Gasteiger partial charge in [-0.2, -0.15) is 0 Å². The van der Waals surface area contributed by atoms with E-state index in [-0.39, 0.29) is 22.2 Å². The van der Waals surface area contributed by atoms with Crippen molar-refractivity contribution < 1.29 is 9.84 Å². The fourth-order valence-corrected chi connectivity index (χ4v) is 4.66. The van der Waals surface area contributed by atoms with E-state index < -0.39 is 6.10 Å². The van der Waals surface area contributed by atoms with Crippen molar-refractivity contribution in [2.45, 2.75) is 98.0 Å². The molecule has 0 aliphatic heterocycles. The third-order valence-electron chi connectivity index (χ3n) is 6.77. The summed E-state index contributed by atoms with van der Waals surface area (Å²) < 4.78 is 6.12. The Kier molecular flexibility index (Phi) is 5.89. The van der Waals surface area contributed by atoms with Crippen molar-refractivity contribution in [3.05, 3.63) is 52.1 Å². The molecule has 1 aliphatic carbocycles. The van der Waals surface area contributed by atoms with Gasteiger partial charge < -0.3 is 9.84 Å². The Morgan fingerprint density at radius 3 is 1.74 bits per heavy atom. The number of benzene rings is 2. The molecule has 2 unspecified atom stereocenters. The molecule has 0 aromatic heterocycles. The van der Waals surface area contributed by atoms with Crippen LogP contribution in [0.3, 0.4) is 0 Å². The standard InChI is InChI=1S/C29H42O2/c1-17-12-21-22(25(17)30)16-23(29(8,9)10)26(31-11)24(21)18-13-19(27(2,3)4)15-20(14-18)28(5,6)7/h13-17,25,30H,12H2,1-11H3. The lowest BCUT2D eigenvalue weighted by molar-refractivity contribution is 0.132. The van der Waals surface area contributed by atoms with Crippen molar-refractivity contribution in [1.82, 2.24) is 0 Å². The summed E-state index contributed by atoms with van der Waals surface area (Å²) in [4.78, 5) is 0. The average molecular weight is 423 g/mol. The van der Waals surface area contributed by atoms with Crippen molar-refractivity contribution in [3.63, 3.8) is 0 Å². The van der Waals surface area contributed by atoms with E-state index in [0.717, 1.165) is 23.3 Å². The lowest BCUT2D eigenvalue weighted by Crippen LogP contribution is -2.17. The second kappa shape index (κ2) is 7.66. The first-order valence-corrected chi connectivity index (χ1v) is 11.6. The molecule has 2 aromatic carbocycles. The van der Waals surface area contributed by atoms with E-state index in [9.17, 15) is 5.11 Å². The second-order valence-electron chi connectivity index (χ2n) is 12.6. The Morgan fingerprint density at radius 2 is 1.32 bits per heavy atom. The number of methoxy groups -OCH3 is 1. The van der Waals surface area contributed by atoms with Crippen LogP contribution in [0.1, 0.15) is 103 Å². The quantitative estimate of drug-likeness (QED) is 0.543. The van der Waals surface area contributed by atoms with Crippen LogP contribution < -0.4 is 4.74 Å². The van der Waals surface area contributed by atoms with Crippen molar-refractivity contribution in [3.8, 4) is 16.9 Å². The third kappa shape index (κ3) is 4.42. The number of rotatable bonds is 2. The van der Waals surface area contributed by atoms with Gasteiger partial charge in [-0.3, -0.25) is 0 Å². The Bertz CT molecular complexity index is 946. The highest BCUT2D eigenvalue weighted by Crippen LogP contribution is 2.50. The molecule has 0 bridgehead atoms. The summed E-state index contributed by atoms with van der Waals surface area (Å²) in [6.07, 6.45) is 0.450. The zero-order valence-corrected chi connectivity index (χ0v) is 21.5. The van der Waals surface area contributed by atoms with E-state index in [1.165, 1.54) is 27.8 Å². The van der Waals surface area contributed by atoms with Gasteiger partial charge in [0.05, 0.1) is 13.2 Å². The van der Waals surface area contributed by atoms with E-state index in [1.807, 2.05) is 0 Å². The van der Waals surface area contributed by atoms with E-state index in [2.05, 4.69) is 93.5 Å². The van der Waals surface area contributed by atoms with Gasteiger partial charge in [0, 0.05) is 11.1 Å².